The maximum atomic E-state index is 10.0. The predicted molar refractivity (Wildman–Crippen MR) is 485 cm³/mol. The van der Waals surface area contributed by atoms with Crippen molar-refractivity contribution in [1.29, 1.82) is 0 Å². The van der Waals surface area contributed by atoms with Crippen molar-refractivity contribution < 1.29 is 70.2 Å². The molecule has 16 rings (SSSR count). The van der Waals surface area contributed by atoms with Crippen molar-refractivity contribution in [3.8, 4) is 76.8 Å². The van der Waals surface area contributed by atoms with Gasteiger partial charge in [0.25, 0.3) is 0 Å². The number of aryl methyl sites for hydroxylation is 5. The van der Waals surface area contributed by atoms with Gasteiger partial charge in [0.05, 0.1) is 15.5 Å². The number of anilines is 3. The van der Waals surface area contributed by atoms with Crippen LogP contribution in [0.5, 0.6) is 0 Å². The number of allylic oxidation sites excluding steroid dienone is 2. The average Bonchev–Trinajstić information content (AvgIpc) is 1.59. The van der Waals surface area contributed by atoms with Crippen molar-refractivity contribution in [2.24, 2.45) is 0 Å². The van der Waals surface area contributed by atoms with Gasteiger partial charge < -0.3 is 19.9 Å². The molecule has 13 aromatic rings. The topological polar surface area (TPSA) is 211 Å². The van der Waals surface area contributed by atoms with Gasteiger partial charge in [-0.2, -0.15) is 91.9 Å². The summed E-state index contributed by atoms with van der Waals surface area (Å²) in [6.07, 6.45) is 42.1. The van der Waals surface area contributed by atoms with Gasteiger partial charge in [-0.15, -0.1) is 130 Å². The number of pyridine rings is 1. The van der Waals surface area contributed by atoms with Crippen molar-refractivity contribution in [2.45, 2.75) is 227 Å². The number of carbonyl (C=O) groups is 1. The number of unbranched alkanes of at least 4 members (excludes halogenated alkanes) is 18. The number of ketones is 1. The maximum absolute atomic E-state index is 10.0. The van der Waals surface area contributed by atoms with Crippen molar-refractivity contribution in [3.63, 3.8) is 0 Å². The van der Waals surface area contributed by atoms with E-state index in [0.717, 1.165) is 86.1 Å². The normalized spacial score (nSPS) is 12.2. The van der Waals surface area contributed by atoms with E-state index in [0.29, 0.717) is 34.9 Å². The van der Waals surface area contributed by atoms with Crippen LogP contribution in [0.2, 0.25) is 0 Å². The third-order valence-corrected chi connectivity index (χ3v) is 24.2. The zero-order chi connectivity index (χ0) is 82.1. The molecule has 17 nitrogen and oxygen atoms in total. The van der Waals surface area contributed by atoms with E-state index in [4.69, 9.17) is 5.11 Å². The summed E-state index contributed by atoms with van der Waals surface area (Å²) in [4.78, 5) is 25.1. The number of para-hydroxylation sites is 1. The Labute approximate surface area is 773 Å². The molecule has 9 heterocycles. The third kappa shape index (κ3) is 32.0. The molecule has 0 spiro atoms. The molecule has 0 atom stereocenters. The fourth-order valence-electron chi connectivity index (χ4n) is 14.2. The molecule has 24 heteroatoms. The van der Waals surface area contributed by atoms with Crippen LogP contribution in [0.25, 0.3) is 76.8 Å². The van der Waals surface area contributed by atoms with Gasteiger partial charge in [0.1, 0.15) is 17.5 Å². The number of rotatable bonds is 31. The molecule has 638 valence electrons. The second-order valence-corrected chi connectivity index (χ2v) is 33.9. The van der Waals surface area contributed by atoms with Gasteiger partial charge in [0.2, 0.25) is 17.5 Å². The van der Waals surface area contributed by atoms with Crippen molar-refractivity contribution in [3.05, 3.63) is 255 Å². The molecule has 8 aromatic heterocycles. The molecule has 1 N–H and O–H groups in total. The minimum Gasteiger partial charge on any atom is -0.512 e. The first kappa shape index (κ1) is 98.1. The van der Waals surface area contributed by atoms with Gasteiger partial charge in [0.15, 0.2) is 5.78 Å². The Hall–Kier alpha value is -8.37. The summed E-state index contributed by atoms with van der Waals surface area (Å²) in [6.45, 7) is 11.6. The second-order valence-electron chi connectivity index (χ2n) is 29.8. The zero-order valence-electron chi connectivity index (χ0n) is 70.2. The number of hydrogen-bond acceptors (Lipinski definition) is 21. The number of nitrogens with zero attached hydrogens (tertiary/aromatic N) is 15. The Morgan fingerprint density at radius 2 is 1.06 bits per heavy atom. The van der Waals surface area contributed by atoms with E-state index in [9.17, 15) is 4.79 Å². The molecule has 2 aliphatic carbocycles. The first-order valence-electron chi connectivity index (χ1n) is 42.1. The quantitative estimate of drug-likeness (QED) is 0.0185. The second kappa shape index (κ2) is 55.0. The third-order valence-electron chi connectivity index (χ3n) is 20.3. The van der Waals surface area contributed by atoms with Crippen LogP contribution in [0.15, 0.2) is 180 Å². The van der Waals surface area contributed by atoms with Crippen LogP contribution in [0.3, 0.4) is 0 Å². The van der Waals surface area contributed by atoms with Crippen LogP contribution in [0.1, 0.15) is 219 Å². The van der Waals surface area contributed by atoms with Gasteiger partial charge in [0, 0.05) is 74.3 Å². The molecule has 121 heavy (non-hydrogen) atoms. The molecule has 2 radical (unpaired) electrons. The summed E-state index contributed by atoms with van der Waals surface area (Å²) in [6, 6.07) is 67.0. The summed E-state index contributed by atoms with van der Waals surface area (Å²) in [5, 5.41) is 63.8. The molecule has 5 aromatic carbocycles. The number of hydrogen-bond donors (Lipinski definition) is 1. The molecule has 0 amide bonds. The average molecular weight is 2220 g/mol. The smallest absolute Gasteiger partial charge is 0.512 e. The molecule has 0 fully saturated rings. The van der Waals surface area contributed by atoms with Gasteiger partial charge in [-0.05, 0) is 137 Å². The van der Waals surface area contributed by atoms with E-state index >= 15 is 0 Å². The van der Waals surface area contributed by atoms with Crippen LogP contribution in [-0.4, -0.2) is 84.1 Å². The summed E-state index contributed by atoms with van der Waals surface area (Å²) in [5.41, 5.74) is 14.4. The predicted octanol–water partition coefficient (Wildman–Crippen LogP) is 25.2. The summed E-state index contributed by atoms with van der Waals surface area (Å²) < 4.78 is 0. The monoisotopic (exact) mass is 2220 g/mol. The molecule has 0 bridgehead atoms. The van der Waals surface area contributed by atoms with Gasteiger partial charge in [-0.1, -0.05) is 224 Å². The van der Waals surface area contributed by atoms with E-state index in [1.807, 2.05) is 95.7 Å². The molecule has 0 saturated heterocycles. The van der Waals surface area contributed by atoms with Gasteiger partial charge >= 0.3 is 20.1 Å². The maximum Gasteiger partial charge on any atom is 3.00 e. The van der Waals surface area contributed by atoms with E-state index in [-0.39, 0.29) is 71.9 Å². The Morgan fingerprint density at radius 1 is 0.479 bits per heavy atom. The number of carbonyl (C=O) groups excluding carboxylic acids is 1. The molecule has 1 aliphatic heterocycles. The van der Waals surface area contributed by atoms with Crippen LogP contribution in [0.4, 0.5) is 17.1 Å². The molecular weight excluding hydrogens is 2110 g/mol. The fourth-order valence-corrected chi connectivity index (χ4v) is 17.4. The van der Waals surface area contributed by atoms with Crippen LogP contribution in [-0.2, 0) is 104 Å². The molecule has 3 aliphatic rings. The first-order valence-corrected chi connectivity index (χ1v) is 45.5. The van der Waals surface area contributed by atoms with E-state index < -0.39 is 0 Å². The molecule has 0 saturated carbocycles. The van der Waals surface area contributed by atoms with Crippen molar-refractivity contribution in [1.82, 2.24) is 66.2 Å². The largest absolute Gasteiger partial charge is 3.00 e. The minimum atomic E-state index is -0.125. The number of benzene rings is 5. The Bertz CT molecular complexity index is 4810. The first-order chi connectivity index (χ1) is 58.0. The van der Waals surface area contributed by atoms with E-state index in [1.54, 1.807) is 40.2 Å². The number of aromatic nitrogens is 13. The Kier molecular flexibility index (Phi) is 44.6. The standard InChI is InChI=1S/C34H53N4S2.C22H21N4.C15H14N2.C11H8N.C10H5N4S2.C5H8O2.3Ir/c1-3-5-7-9-11-13-15-17-19-21-23-29-25-27-31(39-29)33-35-37-34(38-36-33)32-28-26-30(40-32)24-22-20-18-16-14-12-10-8-6-4-2;1-3-11-17-15(7-1)9-5-13-19(17)21-23-25-22(26-24-21)20-14-6-10-16-8-2-4-12-18(16)20;1-12-8-9-14-15(10-12)17(11-16(14)2)13-6-4-3-5-7-13;1-2-6-10(7-3-1)11-8-4-5-9-12-11;1-3-7(15-5-1)9-11-13-10(14-12-9)8-4-2-6-16-8;1-4(6)3-5(2)7;;;/h25-27H,3-24H2,1-2H3;5-6,9-10,13H,1-4,7-8,11-12H2;3-6,8-11H,1-2H3;1-6,8-9H;1-3,5-6H;3,6H,1-2H3;;;/q2*-1;-2;2*-1;;;;+3. The fraction of sp³-hybridized carbons (Fsp3) is 0.371. The number of aliphatic hydroxyl groups excluding tert-OH is 1. The van der Waals surface area contributed by atoms with Crippen LogP contribution in [0, 0.1) is 43.9 Å². The van der Waals surface area contributed by atoms with Crippen molar-refractivity contribution >= 4 is 68.2 Å². The molecular formula is C97H109Ir3N15O2S4-3. The van der Waals surface area contributed by atoms with Crippen LogP contribution < -0.4 is 9.80 Å². The summed E-state index contributed by atoms with van der Waals surface area (Å²) >= 11 is 6.61. The zero-order valence-corrected chi connectivity index (χ0v) is 80.7. The number of fused-ring (bicyclic) bond motifs is 3. The summed E-state index contributed by atoms with van der Waals surface area (Å²) in [7, 11) is 2.07. The number of thiophene rings is 4. The SMILES string of the molecule is CC(=O)C=C(C)O.CCCCCCCCCCCCc1c[c-]c(-c2nnc(-c3ccc(CCCCCCCCCCCC)s3)nn2)s1.Cc1ccc2c(c1)N(c1[c-]cccc1)[CH-]N2C.[Ir+3].[Ir].[Ir].[c-]1ccc2c(c1-c1nnc(-c3cccc4c3CCCC4)nn1)CCCC2.[c-]1ccccc1-c1ccccn1.[c-]1ccsc1-c1nnc(-c2cccs2)nn1. The van der Waals surface area contributed by atoms with Crippen LogP contribution >= 0.6 is 45.3 Å². The van der Waals surface area contributed by atoms with E-state index in [1.165, 1.54) is 234 Å². The summed E-state index contributed by atoms with van der Waals surface area (Å²) in [5.74, 6) is 3.48. The van der Waals surface area contributed by atoms with Gasteiger partial charge in [-0.25, -0.2) is 22.7 Å². The molecule has 0 unspecified atom stereocenters. The Balaban J connectivity index is 0.000000193. The van der Waals surface area contributed by atoms with Crippen molar-refractivity contribution in [2.75, 3.05) is 16.8 Å². The van der Waals surface area contributed by atoms with E-state index in [2.05, 4.69) is 208 Å². The minimum absolute atomic E-state index is 0. The Morgan fingerprint density at radius 3 is 1.64 bits per heavy atom. The van der Waals surface area contributed by atoms with Gasteiger partial charge in [-0.3, -0.25) is 4.79 Å². The number of aliphatic hydroxyl groups is 1.